The minimum atomic E-state index is -0.789. The molecule has 2 aliphatic rings. The number of amides is 3. The second-order valence-corrected chi connectivity index (χ2v) is 10.6. The van der Waals surface area contributed by atoms with Crippen LogP contribution in [0.15, 0.2) is 57.9 Å². The number of guanidine groups is 1. The zero-order valence-corrected chi connectivity index (χ0v) is 23.9. The molecule has 2 fully saturated rings. The number of furan rings is 1. The van der Waals surface area contributed by atoms with E-state index in [2.05, 4.69) is 10.6 Å². The highest BCUT2D eigenvalue weighted by molar-refractivity contribution is 6.11. The summed E-state index contributed by atoms with van der Waals surface area (Å²) in [4.78, 5) is 59.9. The highest BCUT2D eigenvalue weighted by Crippen LogP contribution is 2.23. The maximum Gasteiger partial charge on any atom is 0.337 e. The number of hydrogen-bond acceptors (Lipinski definition) is 7. The van der Waals surface area contributed by atoms with Gasteiger partial charge in [-0.15, -0.1) is 0 Å². The fraction of sp³-hybridized carbons (Fsp3) is 0.387. The highest BCUT2D eigenvalue weighted by Gasteiger charge is 2.30. The largest absolute Gasteiger partial charge is 0.465 e. The van der Waals surface area contributed by atoms with Crippen molar-refractivity contribution in [3.63, 3.8) is 0 Å². The van der Waals surface area contributed by atoms with E-state index in [9.17, 15) is 19.2 Å². The molecule has 0 aliphatic carbocycles. The van der Waals surface area contributed by atoms with Crippen molar-refractivity contribution in [1.29, 1.82) is 0 Å². The zero-order chi connectivity index (χ0) is 29.6. The number of ether oxygens (including phenoxy) is 1. The number of rotatable bonds is 6. The average Bonchev–Trinajstić information content (AvgIpc) is 3.63. The van der Waals surface area contributed by atoms with Crippen molar-refractivity contribution < 1.29 is 28.3 Å². The Hall–Kier alpha value is -4.67. The Morgan fingerprint density at radius 1 is 1.00 bits per heavy atom. The van der Waals surface area contributed by atoms with Crippen molar-refractivity contribution in [3.05, 3.63) is 65.4 Å². The van der Waals surface area contributed by atoms with Gasteiger partial charge in [-0.3, -0.25) is 19.7 Å². The number of likely N-dealkylation sites (tertiary alicyclic amines) is 2. The topological polar surface area (TPSA) is 134 Å². The van der Waals surface area contributed by atoms with E-state index < -0.39 is 17.9 Å². The fourth-order valence-corrected chi connectivity index (χ4v) is 5.32. The number of nitrogens with one attached hydrogen (secondary N) is 2. The summed E-state index contributed by atoms with van der Waals surface area (Å²) >= 11 is 0. The molecular formula is C31H35N5O6. The van der Waals surface area contributed by atoms with Crippen molar-refractivity contribution in [2.75, 3.05) is 38.6 Å². The van der Waals surface area contributed by atoms with Gasteiger partial charge in [0.25, 0.3) is 5.91 Å². The summed E-state index contributed by atoms with van der Waals surface area (Å²) in [5, 5.41) is 6.81. The number of carbonyl (C=O) groups excluding carboxylic acids is 4. The van der Waals surface area contributed by atoms with Gasteiger partial charge >= 0.3 is 5.97 Å². The minimum Gasteiger partial charge on any atom is -0.465 e. The molecular weight excluding hydrogens is 538 g/mol. The van der Waals surface area contributed by atoms with Crippen LogP contribution in [-0.2, 0) is 14.3 Å². The van der Waals surface area contributed by atoms with Crippen LogP contribution in [0.1, 0.15) is 58.6 Å². The molecule has 1 aromatic heterocycles. The summed E-state index contributed by atoms with van der Waals surface area (Å²) in [6, 6.07) is 12.7. The third-order valence-corrected chi connectivity index (χ3v) is 7.50. The molecule has 2 aliphatic heterocycles. The Labute approximate surface area is 243 Å². The second-order valence-electron chi connectivity index (χ2n) is 10.6. The summed E-state index contributed by atoms with van der Waals surface area (Å²) < 4.78 is 10.5. The molecule has 0 spiro atoms. The molecule has 3 heterocycles. The molecule has 42 heavy (non-hydrogen) atoms. The average molecular weight is 574 g/mol. The third kappa shape index (κ3) is 6.79. The van der Waals surface area contributed by atoms with Crippen molar-refractivity contribution in [1.82, 2.24) is 15.1 Å². The van der Waals surface area contributed by atoms with Gasteiger partial charge in [-0.1, -0.05) is 6.07 Å². The second kappa shape index (κ2) is 12.9. The summed E-state index contributed by atoms with van der Waals surface area (Å²) in [7, 11) is 1.27. The number of methoxy groups -OCH3 is 1. The molecule has 0 radical (unpaired) electrons. The van der Waals surface area contributed by atoms with E-state index >= 15 is 0 Å². The lowest BCUT2D eigenvalue weighted by atomic mass is 10.1. The van der Waals surface area contributed by atoms with Gasteiger partial charge in [-0.2, -0.15) is 0 Å². The number of fused-ring (bicyclic) bond motifs is 1. The summed E-state index contributed by atoms with van der Waals surface area (Å²) in [6.07, 6.45) is 3.95. The highest BCUT2D eigenvalue weighted by atomic mass is 16.5. The van der Waals surface area contributed by atoms with Gasteiger partial charge in [0.05, 0.1) is 19.2 Å². The molecule has 2 aromatic carbocycles. The SMILES string of the molecule is COC(=O)c1cccc(C(=O)NC(=NC2CCCCN(CC(=O)N3CCCC3)C2=O)Nc2ccc3oc(C)cc3c2)c1. The first kappa shape index (κ1) is 28.8. The Morgan fingerprint density at radius 3 is 2.55 bits per heavy atom. The predicted molar refractivity (Wildman–Crippen MR) is 157 cm³/mol. The number of hydrogen-bond donors (Lipinski definition) is 2. The lowest BCUT2D eigenvalue weighted by Crippen LogP contribution is -2.45. The number of carbonyl (C=O) groups is 4. The first-order chi connectivity index (χ1) is 20.3. The van der Waals surface area contributed by atoms with E-state index in [0.717, 1.165) is 55.5 Å². The number of aryl methyl sites for hydroxylation is 1. The number of anilines is 1. The molecule has 3 amide bonds. The van der Waals surface area contributed by atoms with Crippen LogP contribution in [0, 0.1) is 6.92 Å². The zero-order valence-electron chi connectivity index (χ0n) is 23.9. The number of aliphatic imine (C=N–C) groups is 1. The number of nitrogens with zero attached hydrogens (tertiary/aromatic N) is 3. The van der Waals surface area contributed by atoms with Gasteiger partial charge < -0.3 is 24.3 Å². The standard InChI is InChI=1S/C31H35N5O6/c1-20-16-23-18-24(11-12-26(23)42-20)32-31(34-28(38)21-8-7-9-22(17-21)30(40)41-2)33-25-10-3-4-15-36(29(25)39)19-27(37)35-13-5-6-14-35/h7-9,11-12,16-18,25H,3-6,10,13-15,19H2,1-2H3,(H2,32,33,34,38). The smallest absolute Gasteiger partial charge is 0.337 e. The van der Waals surface area contributed by atoms with E-state index in [1.165, 1.54) is 13.2 Å². The van der Waals surface area contributed by atoms with Crippen molar-refractivity contribution in [2.24, 2.45) is 4.99 Å². The van der Waals surface area contributed by atoms with Crippen LogP contribution in [0.2, 0.25) is 0 Å². The number of benzene rings is 2. The van der Waals surface area contributed by atoms with E-state index in [0.29, 0.717) is 18.7 Å². The van der Waals surface area contributed by atoms with Crippen LogP contribution < -0.4 is 10.6 Å². The van der Waals surface area contributed by atoms with Crippen LogP contribution in [0.3, 0.4) is 0 Å². The Kier molecular flexibility index (Phi) is 8.85. The molecule has 11 nitrogen and oxygen atoms in total. The first-order valence-electron chi connectivity index (χ1n) is 14.2. The Balaban J connectivity index is 1.41. The lowest BCUT2D eigenvalue weighted by Gasteiger charge is -2.25. The molecule has 0 bridgehead atoms. The molecule has 5 rings (SSSR count). The maximum absolute atomic E-state index is 13.6. The molecule has 2 N–H and O–H groups in total. The van der Waals surface area contributed by atoms with Gasteiger partial charge in [-0.25, -0.2) is 9.79 Å². The minimum absolute atomic E-state index is 0.0246. The van der Waals surface area contributed by atoms with Crippen LogP contribution in [0.4, 0.5) is 5.69 Å². The summed E-state index contributed by atoms with van der Waals surface area (Å²) in [6.45, 7) is 3.81. The van der Waals surface area contributed by atoms with Crippen LogP contribution in [0.5, 0.6) is 0 Å². The van der Waals surface area contributed by atoms with Gasteiger partial charge in [0, 0.05) is 36.3 Å². The van der Waals surface area contributed by atoms with Gasteiger partial charge in [-0.05, 0) is 81.5 Å². The summed E-state index contributed by atoms with van der Waals surface area (Å²) in [5.74, 6) is -0.535. The Morgan fingerprint density at radius 2 is 1.76 bits per heavy atom. The number of esters is 1. The van der Waals surface area contributed by atoms with Crippen LogP contribution >= 0.6 is 0 Å². The molecule has 220 valence electrons. The molecule has 1 atom stereocenters. The lowest BCUT2D eigenvalue weighted by molar-refractivity contribution is -0.140. The Bertz CT molecular complexity index is 1520. The van der Waals surface area contributed by atoms with E-state index in [1.54, 1.807) is 34.1 Å². The first-order valence-corrected chi connectivity index (χ1v) is 14.2. The van der Waals surface area contributed by atoms with E-state index in [-0.39, 0.29) is 35.4 Å². The molecule has 11 heteroatoms. The van der Waals surface area contributed by atoms with E-state index in [1.807, 2.05) is 25.1 Å². The van der Waals surface area contributed by atoms with Crippen molar-refractivity contribution >= 4 is 46.3 Å². The molecule has 2 saturated heterocycles. The monoisotopic (exact) mass is 573 g/mol. The third-order valence-electron chi connectivity index (χ3n) is 7.50. The maximum atomic E-state index is 13.6. The summed E-state index contributed by atoms with van der Waals surface area (Å²) in [5.41, 5.74) is 1.80. The predicted octanol–water partition coefficient (Wildman–Crippen LogP) is 3.73. The molecule has 3 aromatic rings. The van der Waals surface area contributed by atoms with Crippen molar-refractivity contribution in [3.8, 4) is 0 Å². The van der Waals surface area contributed by atoms with E-state index in [4.69, 9.17) is 14.1 Å². The van der Waals surface area contributed by atoms with Gasteiger partial charge in [0.15, 0.2) is 0 Å². The van der Waals surface area contributed by atoms with Crippen LogP contribution in [-0.4, -0.2) is 78.8 Å². The normalized spacial score (nSPS) is 17.7. The van der Waals surface area contributed by atoms with Gasteiger partial charge in [0.1, 0.15) is 17.4 Å². The molecule has 0 saturated carbocycles. The van der Waals surface area contributed by atoms with Gasteiger partial charge in [0.2, 0.25) is 17.8 Å². The fourth-order valence-electron chi connectivity index (χ4n) is 5.32. The van der Waals surface area contributed by atoms with Crippen molar-refractivity contribution in [2.45, 2.75) is 45.1 Å². The quantitative estimate of drug-likeness (QED) is 0.261. The van der Waals surface area contributed by atoms with Crippen LogP contribution in [0.25, 0.3) is 11.0 Å². The molecule has 1 unspecified atom stereocenters.